The van der Waals surface area contributed by atoms with Gasteiger partial charge < -0.3 is 5.32 Å². The molecule has 0 fully saturated rings. The number of aryl methyl sites for hydroxylation is 1. The first-order chi connectivity index (χ1) is 7.65. The van der Waals surface area contributed by atoms with E-state index < -0.39 is 0 Å². The minimum Gasteiger partial charge on any atom is -0.356 e. The molecule has 0 aliphatic heterocycles. The summed E-state index contributed by atoms with van der Waals surface area (Å²) in [5, 5.41) is 8.36. The van der Waals surface area contributed by atoms with E-state index in [1.54, 1.807) is 0 Å². The Labute approximate surface area is 98.7 Å². The Morgan fingerprint density at radius 3 is 2.88 bits per heavy atom. The highest BCUT2D eigenvalue weighted by Gasteiger charge is 2.03. The van der Waals surface area contributed by atoms with E-state index in [-0.39, 0.29) is 0 Å². The number of anilines is 1. The lowest BCUT2D eigenvalue weighted by atomic mass is 10.3. The van der Waals surface area contributed by atoms with Crippen molar-refractivity contribution in [2.45, 2.75) is 33.4 Å². The van der Waals surface area contributed by atoms with Crippen molar-refractivity contribution in [3.05, 3.63) is 23.8 Å². The summed E-state index contributed by atoms with van der Waals surface area (Å²) in [6, 6.07) is 0.400. The minimum atomic E-state index is 0.400. The van der Waals surface area contributed by atoms with Gasteiger partial charge in [-0.2, -0.15) is 9.47 Å². The Bertz CT molecular complexity index is 459. The molecular weight excluding hydrogens is 222 g/mol. The molecule has 0 saturated heterocycles. The number of hydrogen-bond donors (Lipinski definition) is 1. The van der Waals surface area contributed by atoms with Crippen LogP contribution in [0, 0.1) is 6.92 Å². The standard InChI is InChI=1S/C10H15N5S/c1-7(2)15-6-9(5-12-15)4-11-10-13-8(3)14-16-10/h5-7H,4H2,1-3H3,(H,11,13,14). The van der Waals surface area contributed by atoms with Gasteiger partial charge in [0.05, 0.1) is 6.20 Å². The van der Waals surface area contributed by atoms with Crippen molar-refractivity contribution in [2.75, 3.05) is 5.32 Å². The number of aromatic nitrogens is 4. The third-order valence-corrected chi connectivity index (χ3v) is 2.92. The van der Waals surface area contributed by atoms with E-state index >= 15 is 0 Å². The Balaban J connectivity index is 1.94. The fourth-order valence-corrected chi connectivity index (χ4v) is 1.87. The SMILES string of the molecule is Cc1nsc(NCc2cnn(C(C)C)c2)n1. The van der Waals surface area contributed by atoms with Gasteiger partial charge in [0.2, 0.25) is 5.13 Å². The van der Waals surface area contributed by atoms with Gasteiger partial charge in [-0.05, 0) is 20.8 Å². The van der Waals surface area contributed by atoms with Crippen LogP contribution in [0.4, 0.5) is 5.13 Å². The third-order valence-electron chi connectivity index (χ3n) is 2.16. The zero-order valence-electron chi connectivity index (χ0n) is 9.64. The fraction of sp³-hybridized carbons (Fsp3) is 0.500. The lowest BCUT2D eigenvalue weighted by Crippen LogP contribution is -2.01. The molecule has 2 aromatic heterocycles. The van der Waals surface area contributed by atoms with Crippen LogP contribution in [-0.4, -0.2) is 19.1 Å². The molecule has 0 amide bonds. The summed E-state index contributed by atoms with van der Waals surface area (Å²) < 4.78 is 6.06. The van der Waals surface area contributed by atoms with Crippen LogP contribution >= 0.6 is 11.5 Å². The van der Waals surface area contributed by atoms with Crippen LogP contribution in [0.2, 0.25) is 0 Å². The van der Waals surface area contributed by atoms with Crippen molar-refractivity contribution in [3.8, 4) is 0 Å². The Hall–Kier alpha value is -1.43. The first-order valence-electron chi connectivity index (χ1n) is 5.22. The lowest BCUT2D eigenvalue weighted by Gasteiger charge is -2.03. The Kier molecular flexibility index (Phi) is 3.19. The van der Waals surface area contributed by atoms with Crippen molar-refractivity contribution >= 4 is 16.7 Å². The topological polar surface area (TPSA) is 55.6 Å². The molecule has 0 atom stereocenters. The van der Waals surface area contributed by atoms with Gasteiger partial charge >= 0.3 is 0 Å². The predicted octanol–water partition coefficient (Wildman–Crippen LogP) is 2.24. The summed E-state index contributed by atoms with van der Waals surface area (Å²) in [6.45, 7) is 6.84. The van der Waals surface area contributed by atoms with Crippen molar-refractivity contribution in [3.63, 3.8) is 0 Å². The second-order valence-electron chi connectivity index (χ2n) is 3.92. The summed E-state index contributed by atoms with van der Waals surface area (Å²) in [6.07, 6.45) is 3.92. The molecule has 0 aromatic carbocycles. The smallest absolute Gasteiger partial charge is 0.202 e. The lowest BCUT2D eigenvalue weighted by molar-refractivity contribution is 0.532. The highest BCUT2D eigenvalue weighted by Crippen LogP contribution is 2.12. The predicted molar refractivity (Wildman–Crippen MR) is 64.6 cm³/mol. The number of nitrogens with one attached hydrogen (secondary N) is 1. The van der Waals surface area contributed by atoms with Crippen molar-refractivity contribution < 1.29 is 0 Å². The van der Waals surface area contributed by atoms with E-state index in [1.807, 2.05) is 24.0 Å². The molecule has 86 valence electrons. The van der Waals surface area contributed by atoms with Gasteiger partial charge in [-0.1, -0.05) is 0 Å². The van der Waals surface area contributed by atoms with E-state index in [9.17, 15) is 0 Å². The van der Waals surface area contributed by atoms with Crippen LogP contribution in [0.3, 0.4) is 0 Å². The van der Waals surface area contributed by atoms with Gasteiger partial charge in [0.15, 0.2) is 0 Å². The average molecular weight is 237 g/mol. The second-order valence-corrected chi connectivity index (χ2v) is 4.67. The summed E-state index contributed by atoms with van der Waals surface area (Å²) in [4.78, 5) is 4.24. The van der Waals surface area contributed by atoms with Crippen LogP contribution < -0.4 is 5.32 Å². The first kappa shape index (κ1) is 11.1. The molecular formula is C10H15N5S. The minimum absolute atomic E-state index is 0.400. The first-order valence-corrected chi connectivity index (χ1v) is 5.99. The molecule has 6 heteroatoms. The second kappa shape index (κ2) is 4.61. The molecule has 2 aromatic rings. The molecule has 5 nitrogen and oxygen atoms in total. The number of nitrogens with zero attached hydrogens (tertiary/aromatic N) is 4. The molecule has 1 N–H and O–H groups in total. The molecule has 2 rings (SSSR count). The summed E-state index contributed by atoms with van der Waals surface area (Å²) in [5.74, 6) is 0.811. The van der Waals surface area contributed by atoms with Crippen molar-refractivity contribution in [1.29, 1.82) is 0 Å². The summed E-state index contributed by atoms with van der Waals surface area (Å²) in [7, 11) is 0. The molecule has 0 bridgehead atoms. The van der Waals surface area contributed by atoms with Gasteiger partial charge in [0.1, 0.15) is 5.82 Å². The highest BCUT2D eigenvalue weighted by molar-refractivity contribution is 7.09. The maximum atomic E-state index is 4.28. The van der Waals surface area contributed by atoms with Crippen LogP contribution in [-0.2, 0) is 6.54 Å². The summed E-state index contributed by atoms with van der Waals surface area (Å²) >= 11 is 1.38. The normalized spacial score (nSPS) is 11.0. The third kappa shape index (κ3) is 2.57. The Morgan fingerprint density at radius 1 is 1.50 bits per heavy atom. The van der Waals surface area contributed by atoms with Gasteiger partial charge in [0, 0.05) is 35.9 Å². The van der Waals surface area contributed by atoms with E-state index in [1.165, 1.54) is 11.5 Å². The van der Waals surface area contributed by atoms with Crippen LogP contribution in [0.15, 0.2) is 12.4 Å². The average Bonchev–Trinajstić information content (AvgIpc) is 2.83. The molecule has 0 spiro atoms. The molecule has 0 saturated carbocycles. The maximum Gasteiger partial charge on any atom is 0.202 e. The van der Waals surface area contributed by atoms with Crippen molar-refractivity contribution in [2.24, 2.45) is 0 Å². The van der Waals surface area contributed by atoms with E-state index in [2.05, 4.69) is 33.6 Å². The van der Waals surface area contributed by atoms with Gasteiger partial charge in [-0.15, -0.1) is 0 Å². The molecule has 0 aliphatic carbocycles. The van der Waals surface area contributed by atoms with Gasteiger partial charge in [-0.3, -0.25) is 4.68 Å². The monoisotopic (exact) mass is 237 g/mol. The largest absolute Gasteiger partial charge is 0.356 e. The molecule has 0 aliphatic rings. The van der Waals surface area contributed by atoms with Crippen LogP contribution in [0.1, 0.15) is 31.3 Å². The quantitative estimate of drug-likeness (QED) is 0.886. The maximum absolute atomic E-state index is 4.28. The van der Waals surface area contributed by atoms with Crippen LogP contribution in [0.5, 0.6) is 0 Å². The molecule has 2 heterocycles. The zero-order chi connectivity index (χ0) is 11.5. The van der Waals surface area contributed by atoms with Gasteiger partial charge in [0.25, 0.3) is 0 Å². The fourth-order valence-electron chi connectivity index (χ4n) is 1.30. The van der Waals surface area contributed by atoms with E-state index in [0.717, 1.165) is 23.1 Å². The number of hydrogen-bond acceptors (Lipinski definition) is 5. The van der Waals surface area contributed by atoms with Crippen LogP contribution in [0.25, 0.3) is 0 Å². The zero-order valence-corrected chi connectivity index (χ0v) is 10.5. The Morgan fingerprint density at radius 2 is 2.31 bits per heavy atom. The van der Waals surface area contributed by atoms with E-state index in [0.29, 0.717) is 6.04 Å². The summed E-state index contributed by atoms with van der Waals surface area (Å²) in [5.41, 5.74) is 1.15. The molecule has 0 unspecified atom stereocenters. The van der Waals surface area contributed by atoms with Gasteiger partial charge in [-0.25, -0.2) is 4.98 Å². The van der Waals surface area contributed by atoms with Crippen molar-refractivity contribution in [1.82, 2.24) is 19.1 Å². The molecule has 0 radical (unpaired) electrons. The highest BCUT2D eigenvalue weighted by atomic mass is 32.1. The number of rotatable bonds is 4. The van der Waals surface area contributed by atoms with E-state index in [4.69, 9.17) is 0 Å². The molecule has 16 heavy (non-hydrogen) atoms.